The molecule has 3 N–H and O–H groups in total. The second kappa shape index (κ2) is 7.15. The molecule has 1 aromatic carbocycles. The van der Waals surface area contributed by atoms with Crippen LogP contribution < -0.4 is 11.1 Å². The molecule has 6 heteroatoms. The molecule has 0 fully saturated rings. The summed E-state index contributed by atoms with van der Waals surface area (Å²) in [5, 5.41) is 5.12. The summed E-state index contributed by atoms with van der Waals surface area (Å²) in [6.07, 6.45) is 1.08. The third kappa shape index (κ3) is 3.66. The number of hydrogen-bond donors (Lipinski definition) is 2. The first-order valence-corrected chi connectivity index (χ1v) is 8.90. The Balaban J connectivity index is 1.53. The summed E-state index contributed by atoms with van der Waals surface area (Å²) in [5.74, 6) is -0.625. The van der Waals surface area contributed by atoms with Gasteiger partial charge in [-0.1, -0.05) is 0 Å². The van der Waals surface area contributed by atoms with E-state index in [9.17, 15) is 9.59 Å². The summed E-state index contributed by atoms with van der Waals surface area (Å²) in [5.41, 5.74) is 7.55. The number of fused-ring (bicyclic) bond motifs is 1. The van der Waals surface area contributed by atoms with Gasteiger partial charge in [0, 0.05) is 41.7 Å². The molecular formula is C18H21N3O2S. The number of thiophene rings is 1. The lowest BCUT2D eigenvalue weighted by molar-refractivity contribution is 0.0931. The summed E-state index contributed by atoms with van der Waals surface area (Å²) in [6, 6.07) is 8.86. The number of benzene rings is 1. The standard InChI is InChI=1S/C18H21N3O2S/c1-12(21-8-6-16-15(11-21)7-9-24-16)10-20-18(23)14-4-2-13(3-5-14)17(19)22/h2-5,7,9,12H,6,8,10-11H2,1H3,(H2,19,22)(H,20,23)/t12-/m1/s1. The smallest absolute Gasteiger partial charge is 0.251 e. The topological polar surface area (TPSA) is 75.4 Å². The minimum Gasteiger partial charge on any atom is -0.366 e. The lowest BCUT2D eigenvalue weighted by Crippen LogP contribution is -2.44. The fourth-order valence-electron chi connectivity index (χ4n) is 2.90. The number of primary amides is 1. The van der Waals surface area contributed by atoms with Crippen molar-refractivity contribution in [3.05, 3.63) is 57.3 Å². The maximum Gasteiger partial charge on any atom is 0.251 e. The normalized spacial score (nSPS) is 15.5. The van der Waals surface area contributed by atoms with Crippen molar-refractivity contribution in [1.82, 2.24) is 10.2 Å². The average Bonchev–Trinajstić information content (AvgIpc) is 3.07. The van der Waals surface area contributed by atoms with Crippen LogP contribution >= 0.6 is 11.3 Å². The van der Waals surface area contributed by atoms with Crippen molar-refractivity contribution in [2.45, 2.75) is 25.9 Å². The zero-order valence-electron chi connectivity index (χ0n) is 13.6. The molecule has 0 radical (unpaired) electrons. The molecule has 0 bridgehead atoms. The zero-order chi connectivity index (χ0) is 17.1. The number of hydrogen-bond acceptors (Lipinski definition) is 4. The minimum atomic E-state index is -0.492. The molecule has 3 rings (SSSR count). The van der Waals surface area contributed by atoms with Gasteiger partial charge in [-0.2, -0.15) is 0 Å². The molecule has 1 aromatic heterocycles. The molecule has 2 aromatic rings. The molecule has 0 saturated heterocycles. The van der Waals surface area contributed by atoms with Crippen LogP contribution in [0.5, 0.6) is 0 Å². The van der Waals surface area contributed by atoms with E-state index in [4.69, 9.17) is 5.73 Å². The molecule has 24 heavy (non-hydrogen) atoms. The lowest BCUT2D eigenvalue weighted by atomic mass is 10.1. The molecule has 5 nitrogen and oxygen atoms in total. The molecule has 0 saturated carbocycles. The van der Waals surface area contributed by atoms with Crippen LogP contribution in [0.15, 0.2) is 35.7 Å². The second-order valence-electron chi connectivity index (χ2n) is 6.09. The minimum absolute atomic E-state index is 0.133. The van der Waals surface area contributed by atoms with E-state index < -0.39 is 5.91 Å². The molecular weight excluding hydrogens is 322 g/mol. The first-order valence-electron chi connectivity index (χ1n) is 8.02. The molecule has 2 amide bonds. The Kier molecular flexibility index (Phi) is 4.97. The predicted molar refractivity (Wildman–Crippen MR) is 95.2 cm³/mol. The van der Waals surface area contributed by atoms with E-state index in [0.29, 0.717) is 17.7 Å². The number of rotatable bonds is 5. The number of carbonyl (C=O) groups is 2. The quantitative estimate of drug-likeness (QED) is 0.872. The highest BCUT2D eigenvalue weighted by atomic mass is 32.1. The van der Waals surface area contributed by atoms with Gasteiger partial charge in [-0.3, -0.25) is 14.5 Å². The Morgan fingerprint density at radius 1 is 1.25 bits per heavy atom. The number of carbonyl (C=O) groups excluding carboxylic acids is 2. The van der Waals surface area contributed by atoms with Crippen molar-refractivity contribution in [2.75, 3.05) is 13.1 Å². The van der Waals surface area contributed by atoms with Crippen LogP contribution in [-0.2, 0) is 13.0 Å². The summed E-state index contributed by atoms with van der Waals surface area (Å²) in [4.78, 5) is 27.2. The van der Waals surface area contributed by atoms with Gasteiger partial charge < -0.3 is 11.1 Å². The third-order valence-electron chi connectivity index (χ3n) is 4.45. The van der Waals surface area contributed by atoms with E-state index in [1.807, 2.05) is 11.3 Å². The van der Waals surface area contributed by atoms with E-state index in [1.165, 1.54) is 10.4 Å². The number of amides is 2. The van der Waals surface area contributed by atoms with Crippen LogP contribution in [0.1, 0.15) is 38.1 Å². The van der Waals surface area contributed by atoms with E-state index in [0.717, 1.165) is 19.5 Å². The molecule has 1 atom stereocenters. The van der Waals surface area contributed by atoms with Crippen LogP contribution in [0, 0.1) is 0 Å². The van der Waals surface area contributed by atoms with Crippen LogP contribution in [-0.4, -0.2) is 35.8 Å². The van der Waals surface area contributed by atoms with Crippen molar-refractivity contribution >= 4 is 23.2 Å². The molecule has 1 aliphatic heterocycles. The molecule has 1 aliphatic rings. The van der Waals surface area contributed by atoms with E-state index >= 15 is 0 Å². The molecule has 126 valence electrons. The number of nitrogens with one attached hydrogen (secondary N) is 1. The van der Waals surface area contributed by atoms with Gasteiger partial charge in [-0.25, -0.2) is 0 Å². The third-order valence-corrected chi connectivity index (χ3v) is 5.47. The molecule has 2 heterocycles. The van der Waals surface area contributed by atoms with Gasteiger partial charge in [-0.05, 0) is 54.6 Å². The SMILES string of the molecule is C[C@H](CNC(=O)c1ccc(C(N)=O)cc1)N1CCc2sccc2C1. The highest BCUT2D eigenvalue weighted by Gasteiger charge is 2.21. The first kappa shape index (κ1) is 16.7. The van der Waals surface area contributed by atoms with Crippen molar-refractivity contribution in [3.8, 4) is 0 Å². The van der Waals surface area contributed by atoms with E-state index in [2.05, 4.69) is 28.6 Å². The van der Waals surface area contributed by atoms with Crippen molar-refractivity contribution in [2.24, 2.45) is 5.73 Å². The summed E-state index contributed by atoms with van der Waals surface area (Å²) in [7, 11) is 0. The molecule has 0 aliphatic carbocycles. The first-order chi connectivity index (χ1) is 11.5. The van der Waals surface area contributed by atoms with Gasteiger partial charge >= 0.3 is 0 Å². The Labute approximate surface area is 145 Å². The van der Waals surface area contributed by atoms with Gasteiger partial charge in [0.15, 0.2) is 0 Å². The van der Waals surface area contributed by atoms with Crippen molar-refractivity contribution in [1.29, 1.82) is 0 Å². The average molecular weight is 343 g/mol. The van der Waals surface area contributed by atoms with E-state index in [-0.39, 0.29) is 11.9 Å². The Hall–Kier alpha value is -2.18. The summed E-state index contributed by atoms with van der Waals surface area (Å²) < 4.78 is 0. The number of nitrogens with two attached hydrogens (primary N) is 1. The molecule has 0 spiro atoms. The van der Waals surface area contributed by atoms with Crippen LogP contribution in [0.4, 0.5) is 0 Å². The summed E-state index contributed by atoms with van der Waals surface area (Å²) >= 11 is 1.83. The van der Waals surface area contributed by atoms with Gasteiger partial charge in [0.05, 0.1) is 0 Å². The van der Waals surface area contributed by atoms with Crippen LogP contribution in [0.3, 0.4) is 0 Å². The second-order valence-corrected chi connectivity index (χ2v) is 7.09. The fraction of sp³-hybridized carbons (Fsp3) is 0.333. The summed E-state index contributed by atoms with van der Waals surface area (Å²) in [6.45, 7) is 4.70. The zero-order valence-corrected chi connectivity index (χ0v) is 14.4. The van der Waals surface area contributed by atoms with Gasteiger partial charge in [0.2, 0.25) is 5.91 Å². The monoisotopic (exact) mass is 343 g/mol. The van der Waals surface area contributed by atoms with Gasteiger partial charge in [0.25, 0.3) is 5.91 Å². The Morgan fingerprint density at radius 3 is 2.67 bits per heavy atom. The van der Waals surface area contributed by atoms with Gasteiger partial charge in [-0.15, -0.1) is 11.3 Å². The molecule has 0 unspecified atom stereocenters. The lowest BCUT2D eigenvalue weighted by Gasteiger charge is -2.32. The predicted octanol–water partition coefficient (Wildman–Crippen LogP) is 2.02. The maximum atomic E-state index is 12.2. The Bertz CT molecular complexity index is 739. The van der Waals surface area contributed by atoms with Crippen molar-refractivity contribution in [3.63, 3.8) is 0 Å². The van der Waals surface area contributed by atoms with E-state index in [1.54, 1.807) is 24.3 Å². The van der Waals surface area contributed by atoms with Crippen LogP contribution in [0.25, 0.3) is 0 Å². The van der Waals surface area contributed by atoms with Gasteiger partial charge in [0.1, 0.15) is 0 Å². The highest BCUT2D eigenvalue weighted by molar-refractivity contribution is 7.10. The fourth-order valence-corrected chi connectivity index (χ4v) is 3.79. The van der Waals surface area contributed by atoms with Crippen LogP contribution in [0.2, 0.25) is 0 Å². The highest BCUT2D eigenvalue weighted by Crippen LogP contribution is 2.24. The number of nitrogens with zero attached hydrogens (tertiary/aromatic N) is 1. The van der Waals surface area contributed by atoms with Crippen molar-refractivity contribution < 1.29 is 9.59 Å². The Morgan fingerprint density at radius 2 is 1.96 bits per heavy atom. The maximum absolute atomic E-state index is 12.2. The largest absolute Gasteiger partial charge is 0.366 e.